The number of nitrogens with zero attached hydrogens (tertiary/aromatic N) is 2. The Bertz CT molecular complexity index is 1120. The van der Waals surface area contributed by atoms with Gasteiger partial charge in [0.2, 0.25) is 15.9 Å². The zero-order valence-electron chi connectivity index (χ0n) is 16.9. The summed E-state index contributed by atoms with van der Waals surface area (Å²) < 4.78 is 61.3. The lowest BCUT2D eigenvalue weighted by Gasteiger charge is -2.32. The highest BCUT2D eigenvalue weighted by Gasteiger charge is 2.43. The molecule has 2 heterocycles. The molecule has 1 N–H and O–H groups in total. The molecule has 0 radical (unpaired) electrons. The molecule has 0 aliphatic carbocycles. The Kier molecular flexibility index (Phi) is 6.13. The van der Waals surface area contributed by atoms with Crippen molar-refractivity contribution in [2.24, 2.45) is 0 Å². The number of carbonyl (C=O) groups excluding carboxylic acids is 1. The Morgan fingerprint density at radius 1 is 1.03 bits per heavy atom. The number of hydrogen-bond donors (Lipinski definition) is 1. The van der Waals surface area contributed by atoms with Crippen molar-refractivity contribution in [1.29, 1.82) is 0 Å². The zero-order valence-corrected chi connectivity index (χ0v) is 17.7. The van der Waals surface area contributed by atoms with Crippen molar-refractivity contribution >= 4 is 27.7 Å². The summed E-state index contributed by atoms with van der Waals surface area (Å²) in [5.41, 5.74) is 1.08. The molecule has 170 valence electrons. The van der Waals surface area contributed by atoms with Crippen LogP contribution in [0, 0.1) is 0 Å². The Morgan fingerprint density at radius 3 is 2.44 bits per heavy atom. The largest absolute Gasteiger partial charge is 0.586 e. The number of ether oxygens (including phenoxy) is 2. The van der Waals surface area contributed by atoms with Gasteiger partial charge in [0.15, 0.2) is 11.5 Å². The smallest absolute Gasteiger partial charge is 0.395 e. The van der Waals surface area contributed by atoms with Gasteiger partial charge in [-0.2, -0.15) is 4.31 Å². The summed E-state index contributed by atoms with van der Waals surface area (Å²) in [5, 5.41) is 3.81. The van der Waals surface area contributed by atoms with Gasteiger partial charge in [0.25, 0.3) is 0 Å². The van der Waals surface area contributed by atoms with Crippen LogP contribution in [0.4, 0.5) is 14.5 Å². The molecule has 2 aliphatic rings. The van der Waals surface area contributed by atoms with Gasteiger partial charge in [-0.05, 0) is 23.8 Å². The predicted octanol–water partition coefficient (Wildman–Crippen LogP) is 2.56. The van der Waals surface area contributed by atoms with Gasteiger partial charge in [-0.25, -0.2) is 8.42 Å². The lowest BCUT2D eigenvalue weighted by atomic mass is 10.2. The van der Waals surface area contributed by atoms with E-state index in [0.717, 1.165) is 5.56 Å². The number of rotatable bonds is 6. The fourth-order valence-corrected chi connectivity index (χ4v) is 4.56. The average Bonchev–Trinajstić information content (AvgIpc) is 3.06. The standard InChI is InChI=1S/C21H21F2N3O5S/c22-21(23)30-18-7-6-17(14-19(18)31-21)24-20(27)15-25-9-11-26(12-10-25)32(28,29)13-8-16-4-2-1-3-5-16/h1-8,13-14H,9-12,15H2,(H,24,27). The van der Waals surface area contributed by atoms with Crippen LogP contribution in [-0.4, -0.2) is 62.5 Å². The third-order valence-corrected chi connectivity index (χ3v) is 6.54. The summed E-state index contributed by atoms with van der Waals surface area (Å²) >= 11 is 0. The maximum Gasteiger partial charge on any atom is 0.586 e. The topological polar surface area (TPSA) is 88.2 Å². The average molecular weight is 465 g/mol. The molecule has 0 aromatic heterocycles. The number of alkyl halides is 2. The van der Waals surface area contributed by atoms with Gasteiger partial charge < -0.3 is 14.8 Å². The number of hydrogen-bond acceptors (Lipinski definition) is 6. The van der Waals surface area contributed by atoms with Crippen LogP contribution in [-0.2, 0) is 14.8 Å². The van der Waals surface area contributed by atoms with Gasteiger partial charge in [-0.1, -0.05) is 30.3 Å². The van der Waals surface area contributed by atoms with E-state index in [1.807, 2.05) is 35.2 Å². The molecule has 2 aromatic carbocycles. The molecule has 2 aromatic rings. The SMILES string of the molecule is O=C(CN1CCN(S(=O)(=O)C=Cc2ccccc2)CC1)Nc1ccc2c(c1)OC(F)(F)O2. The van der Waals surface area contributed by atoms with E-state index >= 15 is 0 Å². The van der Waals surface area contributed by atoms with Crippen LogP contribution in [0.5, 0.6) is 11.5 Å². The van der Waals surface area contributed by atoms with Crippen LogP contribution in [0.1, 0.15) is 5.56 Å². The highest BCUT2D eigenvalue weighted by Crippen LogP contribution is 2.42. The number of amides is 1. The molecule has 1 fully saturated rings. The molecule has 0 saturated carbocycles. The van der Waals surface area contributed by atoms with Crippen molar-refractivity contribution in [3.05, 3.63) is 59.5 Å². The number of sulfonamides is 1. The Morgan fingerprint density at radius 2 is 1.72 bits per heavy atom. The van der Waals surface area contributed by atoms with Crippen molar-refractivity contribution in [2.45, 2.75) is 6.29 Å². The first-order valence-corrected chi connectivity index (χ1v) is 11.4. The molecule has 0 bridgehead atoms. The molecule has 11 heteroatoms. The molecular weight excluding hydrogens is 444 g/mol. The molecule has 0 atom stereocenters. The van der Waals surface area contributed by atoms with Gasteiger partial charge in [0.05, 0.1) is 6.54 Å². The normalized spacial score (nSPS) is 18.7. The number of carbonyl (C=O) groups is 1. The molecule has 4 rings (SSSR count). The predicted molar refractivity (Wildman–Crippen MR) is 114 cm³/mol. The number of piperazine rings is 1. The summed E-state index contributed by atoms with van der Waals surface area (Å²) in [4.78, 5) is 14.2. The minimum atomic E-state index is -3.72. The van der Waals surface area contributed by atoms with Crippen LogP contribution < -0.4 is 14.8 Å². The van der Waals surface area contributed by atoms with Crippen molar-refractivity contribution in [2.75, 3.05) is 38.0 Å². The van der Waals surface area contributed by atoms with E-state index in [1.54, 1.807) is 6.08 Å². The van der Waals surface area contributed by atoms with E-state index < -0.39 is 16.3 Å². The monoisotopic (exact) mass is 465 g/mol. The first-order chi connectivity index (χ1) is 15.2. The maximum atomic E-state index is 13.1. The first kappa shape index (κ1) is 22.2. The number of halogens is 2. The number of fused-ring (bicyclic) bond motifs is 1. The zero-order chi connectivity index (χ0) is 22.8. The van der Waals surface area contributed by atoms with Crippen molar-refractivity contribution in [3.8, 4) is 11.5 Å². The van der Waals surface area contributed by atoms with Gasteiger partial charge in [-0.3, -0.25) is 9.69 Å². The van der Waals surface area contributed by atoms with Gasteiger partial charge in [-0.15, -0.1) is 8.78 Å². The van der Waals surface area contributed by atoms with Crippen molar-refractivity contribution in [1.82, 2.24) is 9.21 Å². The minimum Gasteiger partial charge on any atom is -0.395 e. The van der Waals surface area contributed by atoms with Crippen LogP contribution >= 0.6 is 0 Å². The van der Waals surface area contributed by atoms with E-state index in [9.17, 15) is 22.0 Å². The summed E-state index contributed by atoms with van der Waals surface area (Å²) in [7, 11) is -3.56. The van der Waals surface area contributed by atoms with E-state index in [4.69, 9.17) is 0 Å². The number of benzene rings is 2. The summed E-state index contributed by atoms with van der Waals surface area (Å²) in [6, 6.07) is 13.1. The summed E-state index contributed by atoms with van der Waals surface area (Å²) in [5.74, 6) is -0.613. The summed E-state index contributed by atoms with van der Waals surface area (Å²) in [6.45, 7) is 1.33. The number of nitrogens with one attached hydrogen (secondary N) is 1. The number of anilines is 1. The second-order valence-corrected chi connectivity index (χ2v) is 9.13. The second-order valence-electron chi connectivity index (χ2n) is 7.31. The molecule has 2 aliphatic heterocycles. The second kappa shape index (κ2) is 8.85. The first-order valence-electron chi connectivity index (χ1n) is 9.86. The van der Waals surface area contributed by atoms with Crippen LogP contribution in [0.3, 0.4) is 0 Å². The molecule has 8 nitrogen and oxygen atoms in total. The Balaban J connectivity index is 1.27. The van der Waals surface area contributed by atoms with Crippen LogP contribution in [0.15, 0.2) is 53.9 Å². The highest BCUT2D eigenvalue weighted by molar-refractivity contribution is 7.92. The molecule has 1 amide bonds. The molecule has 0 spiro atoms. The highest BCUT2D eigenvalue weighted by atomic mass is 32.2. The molecular formula is C21H21F2N3O5S. The fraction of sp³-hybridized carbons (Fsp3) is 0.286. The van der Waals surface area contributed by atoms with Gasteiger partial charge in [0, 0.05) is 43.3 Å². The van der Waals surface area contributed by atoms with E-state index in [1.165, 1.54) is 27.9 Å². The van der Waals surface area contributed by atoms with Crippen molar-refractivity contribution < 1.29 is 31.5 Å². The third kappa shape index (κ3) is 5.42. The molecule has 0 unspecified atom stereocenters. The maximum absolute atomic E-state index is 13.1. The van der Waals surface area contributed by atoms with Gasteiger partial charge in [0.1, 0.15) is 0 Å². The van der Waals surface area contributed by atoms with Crippen molar-refractivity contribution in [3.63, 3.8) is 0 Å². The van der Waals surface area contributed by atoms with E-state index in [0.29, 0.717) is 18.8 Å². The quantitative estimate of drug-likeness (QED) is 0.706. The Hall–Kier alpha value is -3.02. The van der Waals surface area contributed by atoms with E-state index in [-0.39, 0.29) is 37.0 Å². The van der Waals surface area contributed by atoms with E-state index in [2.05, 4.69) is 14.8 Å². The minimum absolute atomic E-state index is 0.0400. The van der Waals surface area contributed by atoms with Gasteiger partial charge >= 0.3 is 6.29 Å². The lowest BCUT2D eigenvalue weighted by Crippen LogP contribution is -2.49. The summed E-state index contributed by atoms with van der Waals surface area (Å²) in [6.07, 6.45) is -2.17. The molecule has 32 heavy (non-hydrogen) atoms. The van der Waals surface area contributed by atoms with Crippen LogP contribution in [0.2, 0.25) is 0 Å². The Labute approximate surface area is 184 Å². The van der Waals surface area contributed by atoms with Crippen LogP contribution in [0.25, 0.3) is 6.08 Å². The molecule has 1 saturated heterocycles. The third-order valence-electron chi connectivity index (χ3n) is 4.98. The fourth-order valence-electron chi connectivity index (χ4n) is 3.39. The lowest BCUT2D eigenvalue weighted by molar-refractivity contribution is -0.286.